The normalized spacial score (nSPS) is 21.8. The summed E-state index contributed by atoms with van der Waals surface area (Å²) in [6, 6.07) is 14.6. The number of carbonyl (C=O) groups is 2. The van der Waals surface area contributed by atoms with E-state index in [2.05, 4.69) is 5.43 Å². The summed E-state index contributed by atoms with van der Waals surface area (Å²) in [5, 5.41) is 1.56. The van der Waals surface area contributed by atoms with Gasteiger partial charge in [-0.15, -0.1) is 0 Å². The van der Waals surface area contributed by atoms with E-state index < -0.39 is 5.66 Å². The molecule has 2 heterocycles. The van der Waals surface area contributed by atoms with Crippen molar-refractivity contribution < 1.29 is 14.3 Å². The van der Waals surface area contributed by atoms with Gasteiger partial charge in [0.05, 0.1) is 24.0 Å². The molecule has 1 atom stereocenters. The van der Waals surface area contributed by atoms with Crippen molar-refractivity contribution in [2.45, 2.75) is 25.4 Å². The lowest BCUT2D eigenvalue weighted by Crippen LogP contribution is -2.64. The van der Waals surface area contributed by atoms with Crippen LogP contribution in [0.25, 0.3) is 0 Å². The lowest BCUT2D eigenvalue weighted by Gasteiger charge is -2.48. The van der Waals surface area contributed by atoms with Crippen molar-refractivity contribution in [3.63, 3.8) is 0 Å². The number of carbonyl (C=O) groups excluding carboxylic acids is 2. The molecular formula is C19H19N3O3. The molecule has 1 fully saturated rings. The number of para-hydroxylation sites is 1. The molecule has 2 amide bonds. The summed E-state index contributed by atoms with van der Waals surface area (Å²) in [5.74, 6) is 0.575. The van der Waals surface area contributed by atoms with E-state index in [1.165, 1.54) is 0 Å². The van der Waals surface area contributed by atoms with E-state index in [-0.39, 0.29) is 11.8 Å². The van der Waals surface area contributed by atoms with Crippen LogP contribution in [-0.4, -0.2) is 29.6 Å². The first kappa shape index (κ1) is 15.5. The largest absolute Gasteiger partial charge is 0.497 e. The number of anilines is 2. The predicted octanol–water partition coefficient (Wildman–Crippen LogP) is 3.02. The van der Waals surface area contributed by atoms with Crippen molar-refractivity contribution in [3.05, 3.63) is 54.1 Å². The maximum atomic E-state index is 13.1. The van der Waals surface area contributed by atoms with Crippen LogP contribution in [0.5, 0.6) is 5.75 Å². The number of nitrogens with zero attached hydrogens (tertiary/aromatic N) is 2. The smallest absolute Gasteiger partial charge is 0.276 e. The van der Waals surface area contributed by atoms with Crippen LogP contribution in [0.2, 0.25) is 0 Å². The summed E-state index contributed by atoms with van der Waals surface area (Å²) in [5.41, 5.74) is 4.37. The minimum absolute atomic E-state index is 0.0277. The Hall–Kier alpha value is -3.02. The van der Waals surface area contributed by atoms with E-state index in [1.807, 2.05) is 49.4 Å². The van der Waals surface area contributed by atoms with Crippen LogP contribution < -0.4 is 15.1 Å². The topological polar surface area (TPSA) is 61.9 Å². The quantitative estimate of drug-likeness (QED) is 0.935. The van der Waals surface area contributed by atoms with Gasteiger partial charge in [0.25, 0.3) is 5.91 Å². The number of amides is 2. The molecule has 4 rings (SSSR count). The van der Waals surface area contributed by atoms with Gasteiger partial charge in [0, 0.05) is 18.9 Å². The van der Waals surface area contributed by atoms with Crippen molar-refractivity contribution in [2.24, 2.45) is 0 Å². The Morgan fingerprint density at radius 2 is 1.92 bits per heavy atom. The number of hydrogen-bond acceptors (Lipinski definition) is 4. The molecule has 0 spiro atoms. The monoisotopic (exact) mass is 337 g/mol. The number of fused-ring (bicyclic) bond motifs is 3. The Kier molecular flexibility index (Phi) is 3.42. The first-order valence-electron chi connectivity index (χ1n) is 8.22. The maximum absolute atomic E-state index is 13.1. The van der Waals surface area contributed by atoms with Gasteiger partial charge in [0.2, 0.25) is 5.91 Å². The van der Waals surface area contributed by atoms with E-state index >= 15 is 0 Å². The SMILES string of the molecule is COc1cccc(NN2C(=O)c3ccccc3N3C(=O)CCC23C)c1. The highest BCUT2D eigenvalue weighted by atomic mass is 16.5. The van der Waals surface area contributed by atoms with Crippen LogP contribution in [0.1, 0.15) is 30.1 Å². The third kappa shape index (κ3) is 2.25. The van der Waals surface area contributed by atoms with E-state index in [0.29, 0.717) is 29.8 Å². The van der Waals surface area contributed by atoms with Crippen LogP contribution in [-0.2, 0) is 4.79 Å². The number of ether oxygens (including phenoxy) is 1. The summed E-state index contributed by atoms with van der Waals surface area (Å²) in [4.78, 5) is 27.4. The molecule has 2 aliphatic heterocycles. The molecule has 1 saturated heterocycles. The summed E-state index contributed by atoms with van der Waals surface area (Å²) in [6.45, 7) is 1.92. The Balaban J connectivity index is 1.79. The molecule has 2 aromatic rings. The molecule has 1 N–H and O–H groups in total. The van der Waals surface area contributed by atoms with Crippen molar-refractivity contribution in [1.29, 1.82) is 0 Å². The van der Waals surface area contributed by atoms with Crippen LogP contribution in [0.3, 0.4) is 0 Å². The molecule has 0 bridgehead atoms. The third-order valence-corrected chi connectivity index (χ3v) is 4.91. The zero-order chi connectivity index (χ0) is 17.6. The number of rotatable bonds is 3. The average molecular weight is 337 g/mol. The summed E-state index contributed by atoms with van der Waals surface area (Å²) in [7, 11) is 1.60. The molecule has 0 radical (unpaired) electrons. The van der Waals surface area contributed by atoms with Crippen molar-refractivity contribution >= 4 is 23.2 Å². The molecule has 128 valence electrons. The van der Waals surface area contributed by atoms with Crippen molar-refractivity contribution in [1.82, 2.24) is 5.01 Å². The second-order valence-corrected chi connectivity index (χ2v) is 6.45. The van der Waals surface area contributed by atoms with Gasteiger partial charge in [0.1, 0.15) is 11.4 Å². The second-order valence-electron chi connectivity index (χ2n) is 6.45. The number of benzene rings is 2. The fourth-order valence-electron chi connectivity index (χ4n) is 3.62. The van der Waals surface area contributed by atoms with Gasteiger partial charge in [-0.1, -0.05) is 18.2 Å². The van der Waals surface area contributed by atoms with Gasteiger partial charge < -0.3 is 4.74 Å². The van der Waals surface area contributed by atoms with E-state index in [4.69, 9.17) is 4.74 Å². The number of nitrogens with one attached hydrogen (secondary N) is 1. The maximum Gasteiger partial charge on any atom is 0.276 e. The Labute approximate surface area is 146 Å². The molecule has 6 nitrogen and oxygen atoms in total. The fraction of sp³-hybridized carbons (Fsp3) is 0.263. The summed E-state index contributed by atoms with van der Waals surface area (Å²) >= 11 is 0. The van der Waals surface area contributed by atoms with E-state index in [9.17, 15) is 9.59 Å². The van der Waals surface area contributed by atoms with Crippen LogP contribution in [0.4, 0.5) is 11.4 Å². The van der Waals surface area contributed by atoms with Crippen molar-refractivity contribution in [2.75, 3.05) is 17.4 Å². The Morgan fingerprint density at radius 3 is 2.72 bits per heavy atom. The van der Waals surface area contributed by atoms with Gasteiger partial charge in [-0.3, -0.25) is 19.9 Å². The first-order chi connectivity index (χ1) is 12.0. The van der Waals surface area contributed by atoms with Gasteiger partial charge in [-0.25, -0.2) is 5.01 Å². The molecular weight excluding hydrogens is 318 g/mol. The summed E-state index contributed by atoms with van der Waals surface area (Å²) in [6.07, 6.45) is 0.983. The van der Waals surface area contributed by atoms with Crippen molar-refractivity contribution in [3.8, 4) is 5.75 Å². The minimum atomic E-state index is -0.744. The summed E-state index contributed by atoms with van der Waals surface area (Å²) < 4.78 is 5.25. The number of hydrazine groups is 1. The van der Waals surface area contributed by atoms with Crippen LogP contribution in [0.15, 0.2) is 48.5 Å². The standard InChI is InChI=1S/C19H19N3O3/c1-19-11-10-17(23)21(19)16-9-4-3-8-15(16)18(24)22(19)20-13-6-5-7-14(12-13)25-2/h3-9,12,20H,10-11H2,1-2H3. The third-order valence-electron chi connectivity index (χ3n) is 4.91. The first-order valence-corrected chi connectivity index (χ1v) is 8.22. The highest BCUT2D eigenvalue weighted by Crippen LogP contribution is 2.44. The second kappa shape index (κ2) is 5.51. The Bertz CT molecular complexity index is 866. The highest BCUT2D eigenvalue weighted by molar-refractivity contribution is 6.10. The van der Waals surface area contributed by atoms with E-state index in [1.54, 1.807) is 23.1 Å². The molecule has 25 heavy (non-hydrogen) atoms. The van der Waals surface area contributed by atoms with E-state index in [0.717, 1.165) is 5.69 Å². The molecule has 6 heteroatoms. The number of methoxy groups -OCH3 is 1. The molecule has 2 aromatic carbocycles. The molecule has 2 aliphatic rings. The highest BCUT2D eigenvalue weighted by Gasteiger charge is 2.53. The molecule has 0 aromatic heterocycles. The zero-order valence-corrected chi connectivity index (χ0v) is 14.2. The average Bonchev–Trinajstić information content (AvgIpc) is 2.95. The van der Waals surface area contributed by atoms with Gasteiger partial charge in [-0.05, 0) is 31.2 Å². The molecule has 0 saturated carbocycles. The minimum Gasteiger partial charge on any atom is -0.497 e. The number of hydrogen-bond donors (Lipinski definition) is 1. The fourth-order valence-corrected chi connectivity index (χ4v) is 3.62. The zero-order valence-electron chi connectivity index (χ0n) is 14.2. The molecule has 1 unspecified atom stereocenters. The van der Waals surface area contributed by atoms with Gasteiger partial charge in [0.15, 0.2) is 0 Å². The van der Waals surface area contributed by atoms with Gasteiger partial charge in [-0.2, -0.15) is 0 Å². The lowest BCUT2D eigenvalue weighted by molar-refractivity contribution is -0.117. The van der Waals surface area contributed by atoms with Crippen LogP contribution in [0, 0.1) is 0 Å². The van der Waals surface area contributed by atoms with Gasteiger partial charge >= 0.3 is 0 Å². The lowest BCUT2D eigenvalue weighted by atomic mass is 10.0. The van der Waals surface area contributed by atoms with Crippen LogP contribution >= 0.6 is 0 Å². The molecule has 0 aliphatic carbocycles. The Morgan fingerprint density at radius 1 is 1.12 bits per heavy atom. The predicted molar refractivity (Wildman–Crippen MR) is 94.4 cm³/mol.